The van der Waals surface area contributed by atoms with Gasteiger partial charge in [-0.3, -0.25) is 4.79 Å². The SMILES string of the molecule is COC(=O)[C@H](Cc1ccc2c(c1)CCN(c1ccccc1)C2=O)NC(=O)OC(C)(C)C. The third kappa shape index (κ3) is 5.63. The topological polar surface area (TPSA) is 84.9 Å². The van der Waals surface area contributed by atoms with E-state index in [1.807, 2.05) is 36.4 Å². The predicted octanol–water partition coefficient (Wildman–Crippen LogP) is 3.50. The summed E-state index contributed by atoms with van der Waals surface area (Å²) in [4.78, 5) is 39.1. The molecule has 7 heteroatoms. The molecule has 0 aromatic heterocycles. The van der Waals surface area contributed by atoms with Gasteiger partial charge in [0.1, 0.15) is 11.6 Å². The molecule has 0 saturated heterocycles. The van der Waals surface area contributed by atoms with E-state index in [9.17, 15) is 14.4 Å². The first-order valence-electron chi connectivity index (χ1n) is 10.2. The van der Waals surface area contributed by atoms with Crippen LogP contribution in [0.5, 0.6) is 0 Å². The largest absolute Gasteiger partial charge is 0.467 e. The molecule has 0 unspecified atom stereocenters. The van der Waals surface area contributed by atoms with E-state index >= 15 is 0 Å². The molecule has 1 aliphatic heterocycles. The number of fused-ring (bicyclic) bond motifs is 1. The molecule has 31 heavy (non-hydrogen) atoms. The number of benzene rings is 2. The molecule has 0 fully saturated rings. The Morgan fingerprint density at radius 3 is 2.48 bits per heavy atom. The van der Waals surface area contributed by atoms with E-state index in [4.69, 9.17) is 9.47 Å². The number of hydrogen-bond acceptors (Lipinski definition) is 5. The van der Waals surface area contributed by atoms with Crippen molar-refractivity contribution in [2.24, 2.45) is 0 Å². The summed E-state index contributed by atoms with van der Waals surface area (Å²) < 4.78 is 10.1. The lowest BCUT2D eigenvalue weighted by Crippen LogP contribution is -2.45. The summed E-state index contributed by atoms with van der Waals surface area (Å²) in [6, 6.07) is 14.2. The molecule has 0 radical (unpaired) electrons. The maximum Gasteiger partial charge on any atom is 0.408 e. The van der Waals surface area contributed by atoms with E-state index < -0.39 is 23.7 Å². The van der Waals surface area contributed by atoms with Crippen LogP contribution in [0.25, 0.3) is 0 Å². The fourth-order valence-electron chi connectivity index (χ4n) is 3.54. The maximum atomic E-state index is 13.0. The van der Waals surface area contributed by atoms with Gasteiger partial charge in [-0.25, -0.2) is 9.59 Å². The second kappa shape index (κ2) is 9.20. The van der Waals surface area contributed by atoms with Crippen LogP contribution in [0, 0.1) is 0 Å². The maximum absolute atomic E-state index is 13.0. The Morgan fingerprint density at radius 2 is 1.84 bits per heavy atom. The third-order valence-electron chi connectivity index (χ3n) is 4.93. The van der Waals surface area contributed by atoms with Crippen LogP contribution in [0.1, 0.15) is 42.3 Å². The summed E-state index contributed by atoms with van der Waals surface area (Å²) in [5.41, 5.74) is 2.59. The molecule has 1 atom stereocenters. The van der Waals surface area contributed by atoms with Gasteiger partial charge in [0.25, 0.3) is 5.91 Å². The Morgan fingerprint density at radius 1 is 1.13 bits per heavy atom. The minimum atomic E-state index is -0.891. The number of nitrogens with zero attached hydrogens (tertiary/aromatic N) is 1. The number of amides is 2. The van der Waals surface area contributed by atoms with Crippen molar-refractivity contribution in [1.82, 2.24) is 5.32 Å². The molecule has 2 aromatic carbocycles. The molecule has 0 aliphatic carbocycles. The number of nitrogens with one attached hydrogen (secondary N) is 1. The van der Waals surface area contributed by atoms with Crippen LogP contribution in [0.15, 0.2) is 48.5 Å². The lowest BCUT2D eigenvalue weighted by atomic mass is 9.94. The van der Waals surface area contributed by atoms with Crippen LogP contribution in [0.4, 0.5) is 10.5 Å². The number of hydrogen-bond donors (Lipinski definition) is 1. The van der Waals surface area contributed by atoms with Crippen LogP contribution in [0.3, 0.4) is 0 Å². The number of esters is 1. The quantitative estimate of drug-likeness (QED) is 0.743. The second-order valence-electron chi connectivity index (χ2n) is 8.46. The highest BCUT2D eigenvalue weighted by Gasteiger charge is 2.28. The fourth-order valence-corrected chi connectivity index (χ4v) is 3.54. The number of para-hydroxylation sites is 1. The summed E-state index contributed by atoms with van der Waals surface area (Å²) in [6.45, 7) is 5.83. The number of ether oxygens (including phenoxy) is 2. The van der Waals surface area contributed by atoms with Crippen LogP contribution >= 0.6 is 0 Å². The summed E-state index contributed by atoms with van der Waals surface area (Å²) >= 11 is 0. The van der Waals surface area contributed by atoms with Crippen LogP contribution in [-0.4, -0.2) is 43.3 Å². The van der Waals surface area contributed by atoms with Gasteiger partial charge in [0.05, 0.1) is 7.11 Å². The number of alkyl carbamates (subject to hydrolysis) is 1. The molecule has 0 spiro atoms. The number of methoxy groups -OCH3 is 1. The number of anilines is 1. The van der Waals surface area contributed by atoms with Crippen molar-refractivity contribution in [3.63, 3.8) is 0 Å². The molecular formula is C24H28N2O5. The molecule has 1 N–H and O–H groups in total. The number of carbonyl (C=O) groups excluding carboxylic acids is 3. The molecular weight excluding hydrogens is 396 g/mol. The zero-order chi connectivity index (χ0) is 22.6. The summed E-state index contributed by atoms with van der Waals surface area (Å²) in [7, 11) is 1.27. The first kappa shape index (κ1) is 22.3. The van der Waals surface area contributed by atoms with Crippen molar-refractivity contribution in [1.29, 1.82) is 0 Å². The van der Waals surface area contributed by atoms with E-state index in [2.05, 4.69) is 5.32 Å². The summed E-state index contributed by atoms with van der Waals surface area (Å²) in [5.74, 6) is -0.606. The molecule has 1 aliphatic rings. The van der Waals surface area contributed by atoms with Crippen molar-refractivity contribution in [3.8, 4) is 0 Å². The lowest BCUT2D eigenvalue weighted by Gasteiger charge is -2.29. The van der Waals surface area contributed by atoms with E-state index in [1.165, 1.54) is 7.11 Å². The minimum absolute atomic E-state index is 0.0459. The molecule has 0 saturated carbocycles. The normalized spacial score (nSPS) is 14.5. The fraction of sp³-hybridized carbons (Fsp3) is 0.375. The van der Waals surface area contributed by atoms with E-state index in [0.29, 0.717) is 18.5 Å². The molecule has 7 nitrogen and oxygen atoms in total. The summed E-state index contributed by atoms with van der Waals surface area (Å²) in [5, 5.41) is 2.58. The highest BCUT2D eigenvalue weighted by molar-refractivity contribution is 6.08. The Hall–Kier alpha value is -3.35. The van der Waals surface area contributed by atoms with Crippen molar-refractivity contribution in [3.05, 3.63) is 65.2 Å². The Labute approximate surface area is 182 Å². The minimum Gasteiger partial charge on any atom is -0.467 e. The zero-order valence-electron chi connectivity index (χ0n) is 18.3. The van der Waals surface area contributed by atoms with Crippen molar-refractivity contribution >= 4 is 23.7 Å². The lowest BCUT2D eigenvalue weighted by molar-refractivity contribution is -0.143. The molecule has 1 heterocycles. The monoisotopic (exact) mass is 424 g/mol. The molecule has 3 rings (SSSR count). The highest BCUT2D eigenvalue weighted by atomic mass is 16.6. The molecule has 2 aromatic rings. The van der Waals surface area contributed by atoms with Gasteiger partial charge in [-0.2, -0.15) is 0 Å². The molecule has 0 bridgehead atoms. The van der Waals surface area contributed by atoms with Gasteiger partial charge in [0.15, 0.2) is 0 Å². The molecule has 164 valence electrons. The van der Waals surface area contributed by atoms with Crippen molar-refractivity contribution in [2.75, 3.05) is 18.6 Å². The van der Waals surface area contributed by atoms with Gasteiger partial charge in [-0.1, -0.05) is 30.3 Å². The van der Waals surface area contributed by atoms with Crippen LogP contribution < -0.4 is 10.2 Å². The van der Waals surface area contributed by atoms with Gasteiger partial charge in [-0.15, -0.1) is 0 Å². The first-order valence-corrected chi connectivity index (χ1v) is 10.2. The van der Waals surface area contributed by atoms with Gasteiger partial charge >= 0.3 is 12.1 Å². The average molecular weight is 424 g/mol. The van der Waals surface area contributed by atoms with Crippen LogP contribution in [-0.2, 0) is 27.1 Å². The number of carbonyl (C=O) groups is 3. The van der Waals surface area contributed by atoms with Gasteiger partial charge in [0, 0.05) is 24.2 Å². The van der Waals surface area contributed by atoms with E-state index in [0.717, 1.165) is 16.8 Å². The van der Waals surface area contributed by atoms with Gasteiger partial charge < -0.3 is 19.7 Å². The van der Waals surface area contributed by atoms with Crippen molar-refractivity contribution in [2.45, 2.75) is 45.3 Å². The number of rotatable bonds is 5. The van der Waals surface area contributed by atoms with Crippen LogP contribution in [0.2, 0.25) is 0 Å². The van der Waals surface area contributed by atoms with E-state index in [1.54, 1.807) is 37.8 Å². The zero-order valence-corrected chi connectivity index (χ0v) is 18.3. The second-order valence-corrected chi connectivity index (χ2v) is 8.46. The van der Waals surface area contributed by atoms with Gasteiger partial charge in [-0.05, 0) is 56.5 Å². The van der Waals surface area contributed by atoms with Crippen molar-refractivity contribution < 1.29 is 23.9 Å². The molecule has 2 amide bonds. The summed E-state index contributed by atoms with van der Waals surface area (Å²) in [6.07, 6.45) is 0.247. The average Bonchev–Trinajstić information content (AvgIpc) is 2.72. The highest BCUT2D eigenvalue weighted by Crippen LogP contribution is 2.25. The smallest absolute Gasteiger partial charge is 0.408 e. The first-order chi connectivity index (χ1) is 14.7. The standard InChI is InChI=1S/C24H28N2O5/c1-24(2,3)31-23(29)25-20(22(28)30-4)15-16-10-11-19-17(14-16)12-13-26(21(19)27)18-8-6-5-7-9-18/h5-11,14,20H,12-13,15H2,1-4H3,(H,25,29)/t20-/m0/s1. The Kier molecular flexibility index (Phi) is 6.63. The Balaban J connectivity index is 1.76. The van der Waals surface area contributed by atoms with Gasteiger partial charge in [0.2, 0.25) is 0 Å². The predicted molar refractivity (Wildman–Crippen MR) is 117 cm³/mol. The Bertz CT molecular complexity index is 966. The third-order valence-corrected chi connectivity index (χ3v) is 4.93. The van der Waals surface area contributed by atoms with E-state index in [-0.39, 0.29) is 12.3 Å².